The third-order valence-electron chi connectivity index (χ3n) is 4.61. The van der Waals surface area contributed by atoms with Gasteiger partial charge in [-0.2, -0.15) is 5.10 Å². The van der Waals surface area contributed by atoms with Gasteiger partial charge in [-0.3, -0.25) is 9.89 Å². The molecular formula is C21H25N5O. The molecule has 1 amide bonds. The van der Waals surface area contributed by atoms with Gasteiger partial charge < -0.3 is 15.5 Å². The molecule has 0 radical (unpaired) electrons. The minimum absolute atomic E-state index is 0.0886. The summed E-state index contributed by atoms with van der Waals surface area (Å²) in [5, 5.41) is 12.9. The van der Waals surface area contributed by atoms with Crippen molar-refractivity contribution in [1.29, 1.82) is 0 Å². The number of hydrogen-bond acceptors (Lipinski definition) is 4. The van der Waals surface area contributed by atoms with Gasteiger partial charge in [0.25, 0.3) is 0 Å². The molecule has 1 aromatic heterocycles. The molecule has 0 bridgehead atoms. The van der Waals surface area contributed by atoms with Crippen molar-refractivity contribution in [3.8, 4) is 11.1 Å². The minimum Gasteiger partial charge on any atom is -0.378 e. The molecule has 0 aliphatic carbocycles. The lowest BCUT2D eigenvalue weighted by molar-refractivity contribution is -0.118. The van der Waals surface area contributed by atoms with Crippen LogP contribution < -0.4 is 15.5 Å². The summed E-state index contributed by atoms with van der Waals surface area (Å²) in [4.78, 5) is 14.9. The monoisotopic (exact) mass is 363 g/mol. The highest BCUT2D eigenvalue weighted by Gasteiger charge is 2.19. The molecule has 0 saturated carbocycles. The molecule has 0 fully saturated rings. The normalized spacial score (nSPS) is 11.9. The number of anilines is 2. The first kappa shape index (κ1) is 18.7. The van der Waals surface area contributed by atoms with Crippen molar-refractivity contribution in [1.82, 2.24) is 15.5 Å². The van der Waals surface area contributed by atoms with Gasteiger partial charge in [0, 0.05) is 37.2 Å². The average molecular weight is 363 g/mol. The first-order chi connectivity index (χ1) is 13.0. The zero-order valence-electron chi connectivity index (χ0n) is 16.1. The topological polar surface area (TPSA) is 73.0 Å². The lowest BCUT2D eigenvalue weighted by atomic mass is 10.0. The Labute approximate surface area is 159 Å². The summed E-state index contributed by atoms with van der Waals surface area (Å²) in [6, 6.07) is 13.5. The molecule has 0 spiro atoms. The largest absolute Gasteiger partial charge is 0.378 e. The summed E-state index contributed by atoms with van der Waals surface area (Å²) >= 11 is 0. The maximum absolute atomic E-state index is 12.8. The molecule has 3 N–H and O–H groups in total. The Morgan fingerprint density at radius 3 is 2.41 bits per heavy atom. The number of hydrogen-bond donors (Lipinski definition) is 3. The number of carbonyl (C=O) groups excluding carboxylic acids is 1. The van der Waals surface area contributed by atoms with Crippen LogP contribution >= 0.6 is 0 Å². The Morgan fingerprint density at radius 1 is 1.11 bits per heavy atom. The van der Waals surface area contributed by atoms with E-state index in [1.54, 1.807) is 13.2 Å². The predicted molar refractivity (Wildman–Crippen MR) is 110 cm³/mol. The van der Waals surface area contributed by atoms with Gasteiger partial charge in [0.2, 0.25) is 5.91 Å². The van der Waals surface area contributed by atoms with Gasteiger partial charge in [0.05, 0.1) is 6.20 Å². The second-order valence-electron chi connectivity index (χ2n) is 6.71. The van der Waals surface area contributed by atoms with Gasteiger partial charge >= 0.3 is 0 Å². The van der Waals surface area contributed by atoms with Crippen LogP contribution in [-0.4, -0.2) is 37.2 Å². The minimum atomic E-state index is -0.422. The van der Waals surface area contributed by atoms with Crippen LogP contribution in [-0.2, 0) is 4.79 Å². The van der Waals surface area contributed by atoms with Gasteiger partial charge in [0.15, 0.2) is 0 Å². The smallest absolute Gasteiger partial charge is 0.246 e. The van der Waals surface area contributed by atoms with E-state index in [2.05, 4.69) is 20.8 Å². The standard InChI is InChI=1S/C21H25N5O/c1-14-11-16(17-12-23-24-13-17)7-10-19(14)25-21(27)20(22-2)15-5-8-18(9-6-15)26(3)4/h5-13,20,22H,1-4H3,(H,23,24)(H,25,27). The number of aromatic nitrogens is 2. The molecule has 140 valence electrons. The van der Waals surface area contributed by atoms with Crippen molar-refractivity contribution in [2.24, 2.45) is 0 Å². The number of nitrogens with one attached hydrogen (secondary N) is 3. The molecule has 1 unspecified atom stereocenters. The van der Waals surface area contributed by atoms with Crippen molar-refractivity contribution < 1.29 is 4.79 Å². The quantitative estimate of drug-likeness (QED) is 0.628. The average Bonchev–Trinajstić information content (AvgIpc) is 3.19. The number of likely N-dealkylation sites (N-methyl/N-ethyl adjacent to an activating group) is 1. The highest BCUT2D eigenvalue weighted by molar-refractivity contribution is 5.96. The summed E-state index contributed by atoms with van der Waals surface area (Å²) in [5.41, 5.74) is 5.90. The fraction of sp³-hybridized carbons (Fsp3) is 0.238. The summed E-state index contributed by atoms with van der Waals surface area (Å²) in [6.07, 6.45) is 3.63. The molecule has 6 nitrogen and oxygen atoms in total. The van der Waals surface area contributed by atoms with Gasteiger partial charge in [0.1, 0.15) is 6.04 Å². The Bertz CT molecular complexity index is 901. The van der Waals surface area contributed by atoms with E-state index in [1.807, 2.05) is 74.6 Å². The van der Waals surface area contributed by atoms with Crippen molar-refractivity contribution in [2.75, 3.05) is 31.4 Å². The van der Waals surface area contributed by atoms with Gasteiger partial charge in [-0.1, -0.05) is 18.2 Å². The maximum Gasteiger partial charge on any atom is 0.246 e. The van der Waals surface area contributed by atoms with Gasteiger partial charge in [-0.05, 0) is 54.9 Å². The van der Waals surface area contributed by atoms with E-state index in [-0.39, 0.29) is 5.91 Å². The van der Waals surface area contributed by atoms with E-state index >= 15 is 0 Å². The van der Waals surface area contributed by atoms with Crippen LogP contribution in [0.25, 0.3) is 11.1 Å². The van der Waals surface area contributed by atoms with Crippen LogP contribution in [0.4, 0.5) is 11.4 Å². The Morgan fingerprint density at radius 2 is 1.85 bits per heavy atom. The van der Waals surface area contributed by atoms with Crippen molar-refractivity contribution in [2.45, 2.75) is 13.0 Å². The lowest BCUT2D eigenvalue weighted by Crippen LogP contribution is -2.30. The number of carbonyl (C=O) groups is 1. The molecule has 0 saturated heterocycles. The van der Waals surface area contributed by atoms with Crippen LogP contribution in [0.3, 0.4) is 0 Å². The van der Waals surface area contributed by atoms with E-state index in [1.165, 1.54) is 0 Å². The van der Waals surface area contributed by atoms with Gasteiger partial charge in [-0.25, -0.2) is 0 Å². The van der Waals surface area contributed by atoms with Crippen molar-refractivity contribution in [3.05, 3.63) is 66.0 Å². The number of aryl methyl sites for hydroxylation is 1. The second-order valence-corrected chi connectivity index (χ2v) is 6.71. The number of benzene rings is 2. The second kappa shape index (κ2) is 8.05. The zero-order valence-corrected chi connectivity index (χ0v) is 16.1. The molecule has 3 aromatic rings. The Balaban J connectivity index is 1.76. The third kappa shape index (κ3) is 4.17. The fourth-order valence-corrected chi connectivity index (χ4v) is 3.01. The molecule has 0 aliphatic rings. The summed E-state index contributed by atoms with van der Waals surface area (Å²) in [6.45, 7) is 1.99. The molecule has 6 heteroatoms. The van der Waals surface area contributed by atoms with Crippen LogP contribution in [0.2, 0.25) is 0 Å². The SMILES string of the molecule is CNC(C(=O)Nc1ccc(-c2cn[nH]c2)cc1C)c1ccc(N(C)C)cc1. The highest BCUT2D eigenvalue weighted by Crippen LogP contribution is 2.25. The predicted octanol–water partition coefficient (Wildman–Crippen LogP) is 3.35. The van der Waals surface area contributed by atoms with Gasteiger partial charge in [-0.15, -0.1) is 0 Å². The number of amides is 1. The first-order valence-corrected chi connectivity index (χ1v) is 8.85. The van der Waals surface area contributed by atoms with E-state index in [9.17, 15) is 4.79 Å². The lowest BCUT2D eigenvalue weighted by Gasteiger charge is -2.19. The molecule has 1 atom stereocenters. The molecule has 3 rings (SSSR count). The number of rotatable bonds is 6. The zero-order chi connectivity index (χ0) is 19.4. The molecule has 2 aromatic carbocycles. The molecular weight excluding hydrogens is 338 g/mol. The van der Waals surface area contributed by atoms with Crippen molar-refractivity contribution >= 4 is 17.3 Å². The molecule has 0 aliphatic heterocycles. The molecule has 27 heavy (non-hydrogen) atoms. The maximum atomic E-state index is 12.8. The summed E-state index contributed by atoms with van der Waals surface area (Å²) in [7, 11) is 5.78. The Hall–Kier alpha value is -3.12. The summed E-state index contributed by atoms with van der Waals surface area (Å²) < 4.78 is 0. The number of nitrogens with zero attached hydrogens (tertiary/aromatic N) is 2. The summed E-state index contributed by atoms with van der Waals surface area (Å²) in [5.74, 6) is -0.0886. The van der Waals surface area contributed by atoms with E-state index < -0.39 is 6.04 Å². The van der Waals surface area contributed by atoms with Crippen molar-refractivity contribution in [3.63, 3.8) is 0 Å². The Kier molecular flexibility index (Phi) is 5.57. The van der Waals surface area contributed by atoms with Crippen LogP contribution in [0.15, 0.2) is 54.9 Å². The van der Waals surface area contributed by atoms with Crippen LogP contribution in [0, 0.1) is 6.92 Å². The first-order valence-electron chi connectivity index (χ1n) is 8.85. The highest BCUT2D eigenvalue weighted by atomic mass is 16.2. The molecule has 1 heterocycles. The van der Waals surface area contributed by atoms with Crippen LogP contribution in [0.5, 0.6) is 0 Å². The van der Waals surface area contributed by atoms with E-state index in [0.29, 0.717) is 0 Å². The van der Waals surface area contributed by atoms with E-state index in [4.69, 9.17) is 0 Å². The fourth-order valence-electron chi connectivity index (χ4n) is 3.01. The van der Waals surface area contributed by atoms with Crippen LogP contribution in [0.1, 0.15) is 17.2 Å². The third-order valence-corrected chi connectivity index (χ3v) is 4.61. The number of H-pyrrole nitrogens is 1. The number of aromatic amines is 1. The van der Waals surface area contributed by atoms with E-state index in [0.717, 1.165) is 33.6 Å².